The molecular formula is C17H15IN4O2. The number of para-hydroxylation sites is 1. The summed E-state index contributed by atoms with van der Waals surface area (Å²) in [5.41, 5.74) is 7.16. The molecule has 2 aromatic carbocycles. The number of hydrogen-bond donors (Lipinski definition) is 2. The Balaban J connectivity index is 1.82. The highest BCUT2D eigenvalue weighted by Gasteiger charge is 2.34. The van der Waals surface area contributed by atoms with Crippen molar-refractivity contribution in [3.8, 4) is 0 Å². The Morgan fingerprint density at radius 3 is 2.58 bits per heavy atom. The van der Waals surface area contributed by atoms with Gasteiger partial charge in [0.15, 0.2) is 0 Å². The van der Waals surface area contributed by atoms with Crippen molar-refractivity contribution in [2.24, 2.45) is 10.8 Å². The summed E-state index contributed by atoms with van der Waals surface area (Å²) in [7, 11) is 0. The van der Waals surface area contributed by atoms with Crippen LogP contribution in [0.15, 0.2) is 59.7 Å². The third kappa shape index (κ3) is 3.56. The first-order valence-corrected chi connectivity index (χ1v) is 8.40. The van der Waals surface area contributed by atoms with E-state index in [9.17, 15) is 9.59 Å². The van der Waals surface area contributed by atoms with Gasteiger partial charge in [-0.15, -0.1) is 0 Å². The van der Waals surface area contributed by atoms with Crippen LogP contribution in [0.25, 0.3) is 0 Å². The summed E-state index contributed by atoms with van der Waals surface area (Å²) in [6.45, 7) is 0. The first kappa shape index (κ1) is 16.4. The number of carbonyl (C=O) groups excluding carboxylic acids is 2. The van der Waals surface area contributed by atoms with Gasteiger partial charge in [0, 0.05) is 15.7 Å². The van der Waals surface area contributed by atoms with Gasteiger partial charge in [0.05, 0.1) is 5.69 Å². The summed E-state index contributed by atoms with van der Waals surface area (Å²) in [6.07, 6.45) is 0.181. The molecular weight excluding hydrogens is 419 g/mol. The van der Waals surface area contributed by atoms with Crippen LogP contribution in [0.2, 0.25) is 0 Å². The normalized spacial score (nSPS) is 16.6. The average molecular weight is 434 g/mol. The van der Waals surface area contributed by atoms with E-state index >= 15 is 0 Å². The molecule has 0 radical (unpaired) electrons. The average Bonchev–Trinajstić information content (AvgIpc) is 3.01. The molecule has 2 aromatic rings. The van der Waals surface area contributed by atoms with Crippen LogP contribution in [0, 0.1) is 3.57 Å². The van der Waals surface area contributed by atoms with Crippen molar-refractivity contribution >= 4 is 51.5 Å². The van der Waals surface area contributed by atoms with Crippen molar-refractivity contribution in [1.82, 2.24) is 0 Å². The van der Waals surface area contributed by atoms with Gasteiger partial charge < -0.3 is 11.1 Å². The minimum absolute atomic E-state index is 0.181. The van der Waals surface area contributed by atoms with E-state index in [1.54, 1.807) is 6.07 Å². The third-order valence-corrected chi connectivity index (χ3v) is 4.28. The van der Waals surface area contributed by atoms with E-state index in [4.69, 9.17) is 5.73 Å². The molecule has 0 fully saturated rings. The minimum atomic E-state index is -0.663. The molecule has 3 N–H and O–H groups in total. The van der Waals surface area contributed by atoms with E-state index in [-0.39, 0.29) is 18.0 Å². The number of amides is 2. The summed E-state index contributed by atoms with van der Waals surface area (Å²) in [5.74, 6) is -0.846. The summed E-state index contributed by atoms with van der Waals surface area (Å²) in [4.78, 5) is 24.2. The number of rotatable bonds is 4. The molecule has 1 unspecified atom stereocenters. The fourth-order valence-corrected chi connectivity index (χ4v) is 3.00. The van der Waals surface area contributed by atoms with Gasteiger partial charge in [-0.05, 0) is 52.9 Å². The lowest BCUT2D eigenvalue weighted by molar-refractivity contribution is -0.119. The van der Waals surface area contributed by atoms with Crippen LogP contribution in [0.4, 0.5) is 11.4 Å². The second kappa shape index (κ2) is 7.00. The number of nitrogens with zero attached hydrogens (tertiary/aromatic N) is 2. The van der Waals surface area contributed by atoms with E-state index in [2.05, 4.69) is 33.0 Å². The Bertz CT molecular complexity index is 807. The Kier molecular flexibility index (Phi) is 4.79. The number of nitrogens with one attached hydrogen (secondary N) is 1. The highest BCUT2D eigenvalue weighted by Crippen LogP contribution is 2.24. The van der Waals surface area contributed by atoms with Crippen molar-refractivity contribution < 1.29 is 9.59 Å². The first-order chi connectivity index (χ1) is 11.5. The van der Waals surface area contributed by atoms with Crippen LogP contribution >= 0.6 is 22.6 Å². The lowest BCUT2D eigenvalue weighted by Crippen LogP contribution is -2.39. The Morgan fingerprint density at radius 1 is 1.17 bits per heavy atom. The highest BCUT2D eigenvalue weighted by atomic mass is 127. The number of carbonyl (C=O) groups is 2. The van der Waals surface area contributed by atoms with Crippen LogP contribution in [0.5, 0.6) is 0 Å². The summed E-state index contributed by atoms with van der Waals surface area (Å²) < 4.78 is 1.01. The van der Waals surface area contributed by atoms with Crippen LogP contribution < -0.4 is 16.1 Å². The van der Waals surface area contributed by atoms with Crippen LogP contribution in [0.3, 0.4) is 0 Å². The van der Waals surface area contributed by atoms with Gasteiger partial charge in [-0.25, -0.2) is 0 Å². The molecule has 0 aliphatic carbocycles. The summed E-state index contributed by atoms with van der Waals surface area (Å²) in [6, 6.07) is 16.0. The quantitative estimate of drug-likeness (QED) is 0.725. The van der Waals surface area contributed by atoms with Gasteiger partial charge in [0.25, 0.3) is 5.91 Å². The number of halogens is 1. The molecule has 0 bridgehead atoms. The molecule has 24 heavy (non-hydrogen) atoms. The molecule has 122 valence electrons. The Hall–Kier alpha value is -2.42. The molecule has 0 spiro atoms. The van der Waals surface area contributed by atoms with E-state index in [0.29, 0.717) is 5.69 Å². The monoisotopic (exact) mass is 434 g/mol. The number of benzene rings is 2. The molecule has 6 nitrogen and oxygen atoms in total. The molecule has 3 rings (SSSR count). The molecule has 0 aromatic heterocycles. The van der Waals surface area contributed by atoms with Crippen molar-refractivity contribution in [3.05, 3.63) is 58.2 Å². The van der Waals surface area contributed by atoms with E-state index in [1.165, 1.54) is 5.01 Å². The van der Waals surface area contributed by atoms with Gasteiger partial charge in [0.1, 0.15) is 11.8 Å². The van der Waals surface area contributed by atoms with Crippen molar-refractivity contribution in [2.45, 2.75) is 12.5 Å². The predicted molar refractivity (Wildman–Crippen MR) is 102 cm³/mol. The van der Waals surface area contributed by atoms with Crippen molar-refractivity contribution in [1.29, 1.82) is 0 Å². The van der Waals surface area contributed by atoms with Crippen LogP contribution in [-0.2, 0) is 9.59 Å². The second-order valence-electron chi connectivity index (χ2n) is 5.31. The Morgan fingerprint density at radius 2 is 1.92 bits per heavy atom. The van der Waals surface area contributed by atoms with Crippen molar-refractivity contribution in [2.75, 3.05) is 10.3 Å². The lowest BCUT2D eigenvalue weighted by atomic mass is 10.1. The number of nitrogens with two attached hydrogens (primary N) is 1. The van der Waals surface area contributed by atoms with Gasteiger partial charge >= 0.3 is 0 Å². The zero-order valence-corrected chi connectivity index (χ0v) is 14.8. The van der Waals surface area contributed by atoms with Crippen LogP contribution in [0.1, 0.15) is 6.42 Å². The molecule has 2 amide bonds. The Labute approximate surface area is 152 Å². The molecule has 1 heterocycles. The molecule has 7 heteroatoms. The number of hydrazone groups is 1. The first-order valence-electron chi connectivity index (χ1n) is 7.32. The summed E-state index contributed by atoms with van der Waals surface area (Å²) in [5, 5.41) is 8.62. The maximum Gasteiger partial charge on any atom is 0.271 e. The standard InChI is InChI=1S/C17H15IN4O2/c18-11-5-4-6-12(9-11)20-17(24)14-10-15(16(19)23)22(21-14)13-7-2-1-3-8-13/h1-9,15H,10H2,(H2,19,23)(H,20,24). The van der Waals surface area contributed by atoms with Gasteiger partial charge in [-0.2, -0.15) is 5.10 Å². The smallest absolute Gasteiger partial charge is 0.271 e. The SMILES string of the molecule is NC(=O)C1CC(C(=O)Nc2cccc(I)c2)=NN1c1ccccc1. The van der Waals surface area contributed by atoms with E-state index < -0.39 is 11.9 Å². The van der Waals surface area contributed by atoms with Gasteiger partial charge in [-0.1, -0.05) is 24.3 Å². The van der Waals surface area contributed by atoms with E-state index in [1.807, 2.05) is 48.5 Å². The fourth-order valence-electron chi connectivity index (χ4n) is 2.46. The zero-order chi connectivity index (χ0) is 17.1. The summed E-state index contributed by atoms with van der Waals surface area (Å²) >= 11 is 2.17. The van der Waals surface area contributed by atoms with Gasteiger partial charge in [-0.3, -0.25) is 14.6 Å². The molecule has 0 saturated carbocycles. The second-order valence-corrected chi connectivity index (χ2v) is 6.56. The number of hydrogen-bond acceptors (Lipinski definition) is 4. The minimum Gasteiger partial charge on any atom is -0.368 e. The zero-order valence-electron chi connectivity index (χ0n) is 12.6. The molecule has 0 saturated heterocycles. The topological polar surface area (TPSA) is 87.8 Å². The van der Waals surface area contributed by atoms with E-state index in [0.717, 1.165) is 9.26 Å². The largest absolute Gasteiger partial charge is 0.368 e. The predicted octanol–water partition coefficient (Wildman–Crippen LogP) is 2.35. The maximum atomic E-state index is 12.4. The molecule has 1 atom stereocenters. The number of primary amides is 1. The van der Waals surface area contributed by atoms with Gasteiger partial charge in [0.2, 0.25) is 5.91 Å². The molecule has 1 aliphatic heterocycles. The van der Waals surface area contributed by atoms with Crippen LogP contribution in [-0.4, -0.2) is 23.6 Å². The highest BCUT2D eigenvalue weighted by molar-refractivity contribution is 14.1. The lowest BCUT2D eigenvalue weighted by Gasteiger charge is -2.20. The molecule has 1 aliphatic rings. The maximum absolute atomic E-state index is 12.4. The van der Waals surface area contributed by atoms with Crippen molar-refractivity contribution in [3.63, 3.8) is 0 Å². The number of anilines is 2. The fraction of sp³-hybridized carbons (Fsp3) is 0.118. The third-order valence-electron chi connectivity index (χ3n) is 3.60.